The lowest BCUT2D eigenvalue weighted by Crippen LogP contribution is -2.19. The Labute approximate surface area is 83.4 Å². The first kappa shape index (κ1) is 9.95. The molecule has 1 aromatic carbocycles. The maximum Gasteiger partial charge on any atom is 0.573 e. The van der Waals surface area contributed by atoms with Crippen LogP contribution in [0, 0.1) is 6.61 Å². The highest BCUT2D eigenvalue weighted by Crippen LogP contribution is 2.41. The fourth-order valence-electron chi connectivity index (χ4n) is 1.18. The number of ether oxygens (including phenoxy) is 3. The second-order valence-electron chi connectivity index (χ2n) is 2.73. The molecule has 0 bridgehead atoms. The van der Waals surface area contributed by atoms with Crippen molar-refractivity contribution in [3.63, 3.8) is 0 Å². The molecule has 1 heterocycles. The molecule has 1 aromatic rings. The first-order chi connectivity index (χ1) is 7.06. The number of rotatable bonds is 1. The van der Waals surface area contributed by atoms with Crippen molar-refractivity contribution in [1.82, 2.24) is 0 Å². The van der Waals surface area contributed by atoms with Gasteiger partial charge in [-0.3, -0.25) is 0 Å². The van der Waals surface area contributed by atoms with Crippen LogP contribution in [0.1, 0.15) is 0 Å². The minimum atomic E-state index is -4.74. The molecule has 2 rings (SSSR count). The van der Waals surface area contributed by atoms with Gasteiger partial charge in [0.1, 0.15) is 6.61 Å². The summed E-state index contributed by atoms with van der Waals surface area (Å²) in [5.41, 5.74) is 0. The predicted molar refractivity (Wildman–Crippen MR) is 43.5 cm³/mol. The Balaban J connectivity index is 2.31. The van der Waals surface area contributed by atoms with E-state index in [2.05, 4.69) is 4.74 Å². The number of halogens is 3. The molecule has 0 saturated carbocycles. The molecule has 81 valence electrons. The van der Waals surface area contributed by atoms with E-state index < -0.39 is 12.1 Å². The topological polar surface area (TPSA) is 27.7 Å². The lowest BCUT2D eigenvalue weighted by molar-refractivity contribution is -0.275. The number of fused-ring (bicyclic) bond motifs is 1. The summed E-state index contributed by atoms with van der Waals surface area (Å²) in [7, 11) is 0. The summed E-state index contributed by atoms with van der Waals surface area (Å²) in [6.45, 7) is 1.44. The normalized spacial score (nSPS) is 14.9. The van der Waals surface area contributed by atoms with E-state index in [1.54, 1.807) is 0 Å². The van der Waals surface area contributed by atoms with Gasteiger partial charge in [-0.25, -0.2) is 0 Å². The molecule has 0 saturated heterocycles. The van der Waals surface area contributed by atoms with E-state index in [0.29, 0.717) is 0 Å². The van der Waals surface area contributed by atoms with Crippen LogP contribution in [0.5, 0.6) is 17.2 Å². The standard InChI is InChI=1S/C9H6F3O3/c10-9(11,12)15-7-3-1-2-6-8(7)14-5-4-13-6/h1-4H,5H2. The van der Waals surface area contributed by atoms with Gasteiger partial charge in [0.05, 0.1) is 0 Å². The van der Waals surface area contributed by atoms with Crippen molar-refractivity contribution in [1.29, 1.82) is 0 Å². The van der Waals surface area contributed by atoms with E-state index in [1.165, 1.54) is 24.8 Å². The van der Waals surface area contributed by atoms with Crippen LogP contribution in [0.15, 0.2) is 18.2 Å². The summed E-state index contributed by atoms with van der Waals surface area (Å²) < 4.78 is 49.7. The third kappa shape index (κ3) is 2.26. The van der Waals surface area contributed by atoms with E-state index in [-0.39, 0.29) is 18.1 Å². The van der Waals surface area contributed by atoms with Crippen LogP contribution < -0.4 is 14.2 Å². The smallest absolute Gasteiger partial charge is 0.482 e. The summed E-state index contributed by atoms with van der Waals surface area (Å²) in [6.07, 6.45) is -4.74. The monoisotopic (exact) mass is 219 g/mol. The van der Waals surface area contributed by atoms with Crippen molar-refractivity contribution >= 4 is 0 Å². The van der Waals surface area contributed by atoms with E-state index in [1.807, 2.05) is 0 Å². The molecule has 0 amide bonds. The fourth-order valence-corrected chi connectivity index (χ4v) is 1.18. The maximum absolute atomic E-state index is 12.0. The number of benzene rings is 1. The summed E-state index contributed by atoms with van der Waals surface area (Å²) in [4.78, 5) is 0. The molecular weight excluding hydrogens is 213 g/mol. The average Bonchev–Trinajstić information content (AvgIpc) is 2.16. The van der Waals surface area contributed by atoms with Crippen molar-refractivity contribution in [3.8, 4) is 17.2 Å². The summed E-state index contributed by atoms with van der Waals surface area (Å²) in [6, 6.07) is 4.05. The zero-order chi connectivity index (χ0) is 10.9. The fraction of sp³-hybridized carbons (Fsp3) is 0.222. The molecule has 0 aliphatic carbocycles. The largest absolute Gasteiger partial charge is 0.573 e. The molecule has 15 heavy (non-hydrogen) atoms. The first-order valence-corrected chi connectivity index (χ1v) is 4.06. The molecule has 0 fully saturated rings. The van der Waals surface area contributed by atoms with Crippen molar-refractivity contribution in [2.24, 2.45) is 0 Å². The third-order valence-corrected chi connectivity index (χ3v) is 1.67. The Bertz CT molecular complexity index is 362. The minimum Gasteiger partial charge on any atom is -0.482 e. The van der Waals surface area contributed by atoms with Gasteiger partial charge >= 0.3 is 6.36 Å². The lowest BCUT2D eigenvalue weighted by Gasteiger charge is -2.20. The molecule has 0 atom stereocenters. The molecule has 0 aromatic heterocycles. The lowest BCUT2D eigenvalue weighted by atomic mass is 10.3. The SMILES string of the molecule is FC(F)(F)Oc1cccc2c1OC[CH]O2. The molecular formula is C9H6F3O3. The molecule has 0 spiro atoms. The van der Waals surface area contributed by atoms with Crippen LogP contribution in [0.4, 0.5) is 13.2 Å². The highest BCUT2D eigenvalue weighted by atomic mass is 19.4. The molecule has 3 nitrogen and oxygen atoms in total. The molecule has 0 N–H and O–H groups in total. The Morgan fingerprint density at radius 1 is 1.27 bits per heavy atom. The highest BCUT2D eigenvalue weighted by molar-refractivity contribution is 5.52. The van der Waals surface area contributed by atoms with E-state index in [4.69, 9.17) is 9.47 Å². The van der Waals surface area contributed by atoms with Gasteiger partial charge in [0.2, 0.25) is 5.75 Å². The van der Waals surface area contributed by atoms with Gasteiger partial charge in [0.25, 0.3) is 0 Å². The zero-order valence-corrected chi connectivity index (χ0v) is 7.38. The quantitative estimate of drug-likeness (QED) is 0.726. The Hall–Kier alpha value is -1.59. The maximum atomic E-state index is 12.0. The molecule has 1 aliphatic rings. The van der Waals surface area contributed by atoms with Crippen LogP contribution in [-0.2, 0) is 0 Å². The van der Waals surface area contributed by atoms with E-state index in [0.717, 1.165) is 0 Å². The van der Waals surface area contributed by atoms with Crippen LogP contribution in [-0.4, -0.2) is 13.0 Å². The van der Waals surface area contributed by atoms with Crippen LogP contribution in [0.2, 0.25) is 0 Å². The van der Waals surface area contributed by atoms with E-state index in [9.17, 15) is 13.2 Å². The molecule has 0 unspecified atom stereocenters. The van der Waals surface area contributed by atoms with Gasteiger partial charge in [-0.15, -0.1) is 13.2 Å². The first-order valence-electron chi connectivity index (χ1n) is 4.06. The van der Waals surface area contributed by atoms with Gasteiger partial charge < -0.3 is 14.2 Å². The Morgan fingerprint density at radius 3 is 2.80 bits per heavy atom. The Kier molecular flexibility index (Phi) is 2.34. The van der Waals surface area contributed by atoms with Gasteiger partial charge in [0, 0.05) is 0 Å². The van der Waals surface area contributed by atoms with Gasteiger partial charge in [-0.05, 0) is 12.1 Å². The summed E-state index contributed by atoms with van der Waals surface area (Å²) in [5, 5.41) is 0. The summed E-state index contributed by atoms with van der Waals surface area (Å²) >= 11 is 0. The minimum absolute atomic E-state index is 0.0303. The Morgan fingerprint density at radius 2 is 2.07 bits per heavy atom. The second-order valence-corrected chi connectivity index (χ2v) is 2.73. The van der Waals surface area contributed by atoms with Crippen LogP contribution >= 0.6 is 0 Å². The number of hydrogen-bond donors (Lipinski definition) is 0. The third-order valence-electron chi connectivity index (χ3n) is 1.67. The molecule has 1 aliphatic heterocycles. The number of alkyl halides is 3. The molecule has 1 radical (unpaired) electrons. The average molecular weight is 219 g/mol. The van der Waals surface area contributed by atoms with Crippen LogP contribution in [0.25, 0.3) is 0 Å². The highest BCUT2D eigenvalue weighted by Gasteiger charge is 2.33. The predicted octanol–water partition coefficient (Wildman–Crippen LogP) is 2.52. The zero-order valence-electron chi connectivity index (χ0n) is 7.38. The van der Waals surface area contributed by atoms with Gasteiger partial charge in [-0.1, -0.05) is 6.07 Å². The number of hydrogen-bond acceptors (Lipinski definition) is 3. The van der Waals surface area contributed by atoms with Crippen LogP contribution in [0.3, 0.4) is 0 Å². The van der Waals surface area contributed by atoms with Gasteiger partial charge in [0.15, 0.2) is 18.1 Å². The van der Waals surface area contributed by atoms with Crippen molar-refractivity contribution in [2.45, 2.75) is 6.36 Å². The summed E-state index contributed by atoms with van der Waals surface area (Å²) in [5.74, 6) is -0.214. The van der Waals surface area contributed by atoms with E-state index >= 15 is 0 Å². The molecule has 6 heteroatoms. The van der Waals surface area contributed by atoms with Crippen molar-refractivity contribution < 1.29 is 27.4 Å². The van der Waals surface area contributed by atoms with Gasteiger partial charge in [-0.2, -0.15) is 0 Å². The number of para-hydroxylation sites is 1. The van der Waals surface area contributed by atoms with Crippen molar-refractivity contribution in [2.75, 3.05) is 6.61 Å². The van der Waals surface area contributed by atoms with Crippen molar-refractivity contribution in [3.05, 3.63) is 24.8 Å². The second kappa shape index (κ2) is 3.52.